The van der Waals surface area contributed by atoms with Gasteiger partial charge in [0.1, 0.15) is 5.75 Å². The van der Waals surface area contributed by atoms with Crippen LogP contribution in [0.1, 0.15) is 38.1 Å². The number of nitrogens with two attached hydrogens (primary N) is 1. The van der Waals surface area contributed by atoms with E-state index in [2.05, 4.69) is 20.8 Å². The van der Waals surface area contributed by atoms with E-state index >= 15 is 0 Å². The van der Waals surface area contributed by atoms with Crippen LogP contribution in [0, 0.1) is 5.41 Å². The average Bonchev–Trinajstić information content (AvgIpc) is 2.34. The summed E-state index contributed by atoms with van der Waals surface area (Å²) in [5, 5.41) is 0. The summed E-state index contributed by atoms with van der Waals surface area (Å²) in [4.78, 5) is 14.2. The number of hydrogen-bond acceptors (Lipinski definition) is 3. The number of methoxy groups -OCH3 is 1. The second-order valence-corrected chi connectivity index (χ2v) is 5.91. The molecule has 0 heterocycles. The Morgan fingerprint density at radius 2 is 1.95 bits per heavy atom. The van der Waals surface area contributed by atoms with E-state index in [4.69, 9.17) is 10.5 Å². The van der Waals surface area contributed by atoms with Gasteiger partial charge in [0, 0.05) is 18.7 Å². The zero-order valence-corrected chi connectivity index (χ0v) is 12.7. The SMILES string of the molecule is COc1ccc(C(=O)N(C)C(C)C(C)(C)C)cc1N. The van der Waals surface area contributed by atoms with E-state index in [0.29, 0.717) is 17.0 Å². The first kappa shape index (κ1) is 15.3. The van der Waals surface area contributed by atoms with Gasteiger partial charge in [-0.3, -0.25) is 4.79 Å². The molecule has 4 heteroatoms. The number of nitrogens with zero attached hydrogens (tertiary/aromatic N) is 1. The largest absolute Gasteiger partial charge is 0.495 e. The monoisotopic (exact) mass is 264 g/mol. The van der Waals surface area contributed by atoms with Gasteiger partial charge in [-0.2, -0.15) is 0 Å². The van der Waals surface area contributed by atoms with Crippen LogP contribution in [0.25, 0.3) is 0 Å². The fraction of sp³-hybridized carbons (Fsp3) is 0.533. The summed E-state index contributed by atoms with van der Waals surface area (Å²) in [5.74, 6) is 0.555. The van der Waals surface area contributed by atoms with E-state index in [-0.39, 0.29) is 17.4 Å². The number of nitrogen functional groups attached to an aromatic ring is 1. The quantitative estimate of drug-likeness (QED) is 0.854. The molecule has 0 aliphatic rings. The van der Waals surface area contributed by atoms with Crippen LogP contribution < -0.4 is 10.5 Å². The normalized spacial score (nSPS) is 12.9. The number of benzene rings is 1. The lowest BCUT2D eigenvalue weighted by Gasteiger charge is -2.35. The molecule has 0 aromatic heterocycles. The number of carbonyl (C=O) groups is 1. The Balaban J connectivity index is 2.98. The highest BCUT2D eigenvalue weighted by atomic mass is 16.5. The molecule has 0 fully saturated rings. The molecule has 0 saturated heterocycles. The Kier molecular flexibility index (Phi) is 4.45. The number of hydrogen-bond donors (Lipinski definition) is 1. The van der Waals surface area contributed by atoms with Crippen LogP contribution in [-0.2, 0) is 0 Å². The molecule has 1 aromatic rings. The molecule has 0 aliphatic carbocycles. The second-order valence-electron chi connectivity index (χ2n) is 5.91. The first-order valence-electron chi connectivity index (χ1n) is 6.39. The number of rotatable bonds is 3. The Labute approximate surface area is 115 Å². The molecular weight excluding hydrogens is 240 g/mol. The lowest BCUT2D eigenvalue weighted by atomic mass is 9.87. The summed E-state index contributed by atoms with van der Waals surface area (Å²) in [6, 6.07) is 5.25. The Morgan fingerprint density at radius 1 is 1.37 bits per heavy atom. The molecule has 0 bridgehead atoms. The van der Waals surface area contributed by atoms with Crippen molar-refractivity contribution in [1.29, 1.82) is 0 Å². The van der Waals surface area contributed by atoms with E-state index in [9.17, 15) is 4.79 Å². The highest BCUT2D eigenvalue weighted by Gasteiger charge is 2.27. The number of anilines is 1. The zero-order chi connectivity index (χ0) is 14.8. The van der Waals surface area contributed by atoms with Crippen LogP contribution in [0.2, 0.25) is 0 Å². The maximum absolute atomic E-state index is 12.4. The maximum atomic E-state index is 12.4. The van der Waals surface area contributed by atoms with E-state index in [1.807, 2.05) is 14.0 Å². The Morgan fingerprint density at radius 3 is 2.37 bits per heavy atom. The van der Waals surface area contributed by atoms with Gasteiger partial charge in [0.2, 0.25) is 0 Å². The Bertz CT molecular complexity index is 464. The van der Waals surface area contributed by atoms with Crippen LogP contribution in [0.15, 0.2) is 18.2 Å². The van der Waals surface area contributed by atoms with Crippen molar-refractivity contribution in [3.8, 4) is 5.75 Å². The average molecular weight is 264 g/mol. The molecule has 0 radical (unpaired) electrons. The van der Waals surface area contributed by atoms with Gasteiger partial charge in [-0.05, 0) is 30.5 Å². The summed E-state index contributed by atoms with van der Waals surface area (Å²) in [7, 11) is 3.37. The molecule has 1 aromatic carbocycles. The van der Waals surface area contributed by atoms with Crippen LogP contribution in [0.4, 0.5) is 5.69 Å². The van der Waals surface area contributed by atoms with E-state index in [1.165, 1.54) is 0 Å². The van der Waals surface area contributed by atoms with Gasteiger partial charge in [-0.15, -0.1) is 0 Å². The van der Waals surface area contributed by atoms with Crippen molar-refractivity contribution in [2.75, 3.05) is 19.9 Å². The summed E-state index contributed by atoms with van der Waals surface area (Å²) in [6.45, 7) is 8.39. The predicted molar refractivity (Wildman–Crippen MR) is 78.4 cm³/mol. The number of amides is 1. The van der Waals surface area contributed by atoms with E-state index in [1.54, 1.807) is 30.2 Å². The summed E-state index contributed by atoms with van der Waals surface area (Å²) >= 11 is 0. The first-order valence-corrected chi connectivity index (χ1v) is 6.39. The number of ether oxygens (including phenoxy) is 1. The minimum Gasteiger partial charge on any atom is -0.495 e. The predicted octanol–water partition coefficient (Wildman–Crippen LogP) is 2.78. The minimum atomic E-state index is -0.0308. The van der Waals surface area contributed by atoms with Crippen LogP contribution >= 0.6 is 0 Å². The zero-order valence-electron chi connectivity index (χ0n) is 12.7. The maximum Gasteiger partial charge on any atom is 0.253 e. The van der Waals surface area contributed by atoms with Gasteiger partial charge in [0.25, 0.3) is 5.91 Å². The third kappa shape index (κ3) is 3.40. The van der Waals surface area contributed by atoms with Crippen LogP contribution in [-0.4, -0.2) is 31.0 Å². The van der Waals surface area contributed by atoms with Gasteiger partial charge in [-0.25, -0.2) is 0 Å². The molecular formula is C15H24N2O2. The molecule has 106 valence electrons. The summed E-state index contributed by atoms with van der Waals surface area (Å²) < 4.78 is 5.09. The first-order chi connectivity index (χ1) is 8.68. The fourth-order valence-corrected chi connectivity index (χ4v) is 1.83. The highest BCUT2D eigenvalue weighted by molar-refractivity contribution is 5.95. The van der Waals surface area contributed by atoms with Crippen molar-refractivity contribution < 1.29 is 9.53 Å². The molecule has 19 heavy (non-hydrogen) atoms. The summed E-state index contributed by atoms with van der Waals surface area (Å²) in [5.41, 5.74) is 6.92. The van der Waals surface area contributed by atoms with Crippen molar-refractivity contribution in [2.45, 2.75) is 33.7 Å². The van der Waals surface area contributed by atoms with E-state index < -0.39 is 0 Å². The minimum absolute atomic E-state index is 0.0302. The van der Waals surface area contributed by atoms with Gasteiger partial charge in [0.05, 0.1) is 12.8 Å². The van der Waals surface area contributed by atoms with Crippen molar-refractivity contribution in [3.05, 3.63) is 23.8 Å². The smallest absolute Gasteiger partial charge is 0.253 e. The van der Waals surface area contributed by atoms with Crippen molar-refractivity contribution >= 4 is 11.6 Å². The van der Waals surface area contributed by atoms with Crippen molar-refractivity contribution in [2.24, 2.45) is 5.41 Å². The van der Waals surface area contributed by atoms with Crippen LogP contribution in [0.3, 0.4) is 0 Å². The third-order valence-electron chi connectivity index (χ3n) is 3.63. The van der Waals surface area contributed by atoms with Crippen LogP contribution in [0.5, 0.6) is 5.75 Å². The number of carbonyl (C=O) groups excluding carboxylic acids is 1. The Hall–Kier alpha value is -1.71. The molecule has 0 aliphatic heterocycles. The van der Waals surface area contributed by atoms with Crippen molar-refractivity contribution in [3.63, 3.8) is 0 Å². The van der Waals surface area contributed by atoms with Gasteiger partial charge in [0.15, 0.2) is 0 Å². The lowest BCUT2D eigenvalue weighted by Crippen LogP contribution is -2.42. The lowest BCUT2D eigenvalue weighted by molar-refractivity contribution is 0.0629. The molecule has 0 spiro atoms. The molecule has 1 amide bonds. The van der Waals surface area contributed by atoms with E-state index in [0.717, 1.165) is 0 Å². The van der Waals surface area contributed by atoms with Gasteiger partial charge in [-0.1, -0.05) is 20.8 Å². The highest BCUT2D eigenvalue weighted by Crippen LogP contribution is 2.26. The molecule has 2 N–H and O–H groups in total. The summed E-state index contributed by atoms with van der Waals surface area (Å²) in [6.07, 6.45) is 0. The standard InChI is InChI=1S/C15H24N2O2/c1-10(15(2,3)4)17(5)14(18)11-7-8-13(19-6)12(16)9-11/h7-10H,16H2,1-6H3. The van der Waals surface area contributed by atoms with Crippen molar-refractivity contribution in [1.82, 2.24) is 4.90 Å². The topological polar surface area (TPSA) is 55.6 Å². The fourth-order valence-electron chi connectivity index (χ4n) is 1.83. The molecule has 1 atom stereocenters. The molecule has 4 nitrogen and oxygen atoms in total. The van der Waals surface area contributed by atoms with Gasteiger partial charge < -0.3 is 15.4 Å². The third-order valence-corrected chi connectivity index (χ3v) is 3.63. The molecule has 1 unspecified atom stereocenters. The second kappa shape index (κ2) is 5.51. The van der Waals surface area contributed by atoms with Gasteiger partial charge >= 0.3 is 0 Å². The molecule has 0 saturated carbocycles. The molecule has 1 rings (SSSR count).